The second kappa shape index (κ2) is 10.7. The van der Waals surface area contributed by atoms with Gasteiger partial charge in [0.2, 0.25) is 0 Å². The Morgan fingerprint density at radius 1 is 1.19 bits per heavy atom. The predicted octanol–water partition coefficient (Wildman–Crippen LogP) is 5.93. The van der Waals surface area contributed by atoms with E-state index in [2.05, 4.69) is 24.9 Å². The summed E-state index contributed by atoms with van der Waals surface area (Å²) in [6.07, 6.45) is 1.60. The Morgan fingerprint density at radius 2 is 1.91 bits per heavy atom. The minimum Gasteiger partial charge on any atom is -0.489 e. The van der Waals surface area contributed by atoms with Crippen LogP contribution in [0.4, 0.5) is 0 Å². The van der Waals surface area contributed by atoms with Gasteiger partial charge in [0.1, 0.15) is 35.1 Å². The third kappa shape index (κ3) is 5.62. The molecule has 0 saturated heterocycles. The lowest BCUT2D eigenvalue weighted by molar-refractivity contribution is 0.305. The van der Waals surface area contributed by atoms with E-state index in [-0.39, 0.29) is 6.61 Å². The van der Waals surface area contributed by atoms with Gasteiger partial charge >= 0.3 is 0 Å². The van der Waals surface area contributed by atoms with Crippen molar-refractivity contribution < 1.29 is 13.7 Å². The number of nitrogens with zero attached hydrogens (tertiary/aromatic N) is 2. The second-order valence-corrected chi connectivity index (χ2v) is 10.5. The molecule has 1 unspecified atom stereocenters. The number of hydrogen-bond donors (Lipinski definition) is 0. The first kappa shape index (κ1) is 24.5. The van der Waals surface area contributed by atoms with Crippen molar-refractivity contribution in [3.8, 4) is 17.6 Å². The third-order valence-electron chi connectivity index (χ3n) is 4.97. The Balaban J connectivity index is 1.77. The molecule has 1 aromatic heterocycles. The highest BCUT2D eigenvalue weighted by Gasteiger charge is 2.26. The van der Waals surface area contributed by atoms with Gasteiger partial charge in [-0.05, 0) is 35.4 Å². The average Bonchev–Trinajstić information content (AvgIpc) is 3.26. The molecule has 0 bridgehead atoms. The number of alkyl halides is 1. The van der Waals surface area contributed by atoms with Gasteiger partial charge in [-0.15, -0.1) is 22.9 Å². The van der Waals surface area contributed by atoms with Gasteiger partial charge in [-0.2, -0.15) is 5.26 Å². The van der Waals surface area contributed by atoms with Crippen molar-refractivity contribution in [1.29, 1.82) is 5.26 Å². The number of benzene rings is 2. The molecule has 1 atom stereocenters. The van der Waals surface area contributed by atoms with E-state index in [0.29, 0.717) is 39.6 Å². The first-order valence-electron chi connectivity index (χ1n) is 9.70. The molecule has 1 heterocycles. The number of hydrogen-bond acceptors (Lipinski definition) is 6. The lowest BCUT2D eigenvalue weighted by Crippen LogP contribution is -2.19. The van der Waals surface area contributed by atoms with Crippen molar-refractivity contribution in [2.24, 2.45) is 0 Å². The zero-order valence-corrected chi connectivity index (χ0v) is 21.0. The summed E-state index contributed by atoms with van der Waals surface area (Å²) >= 11 is 13.5. The molecule has 2 aromatic carbocycles. The third-order valence-corrected chi connectivity index (χ3v) is 7.18. The van der Waals surface area contributed by atoms with Crippen molar-refractivity contribution >= 4 is 45.3 Å². The molecule has 0 saturated carbocycles. The molecule has 0 aliphatic rings. The van der Waals surface area contributed by atoms with E-state index in [4.69, 9.17) is 32.7 Å². The molecule has 0 fully saturated rings. The van der Waals surface area contributed by atoms with E-state index in [9.17, 15) is 9.47 Å². The smallest absolute Gasteiger partial charge is 0.155 e. The summed E-state index contributed by atoms with van der Waals surface area (Å²) in [6.45, 7) is 4.72. The molecule has 0 radical (unpaired) electrons. The normalized spacial score (nSPS) is 12.2. The summed E-state index contributed by atoms with van der Waals surface area (Å²) in [5.74, 6) is 1.37. The summed E-state index contributed by atoms with van der Waals surface area (Å²) in [5, 5.41) is 13.1. The molecule has 0 aliphatic carbocycles. The minimum absolute atomic E-state index is 0.277. The largest absolute Gasteiger partial charge is 0.489 e. The molecular formula is C23H22Cl2N2O3S2. The van der Waals surface area contributed by atoms with Crippen LogP contribution < -0.4 is 9.47 Å². The molecule has 32 heavy (non-hydrogen) atoms. The SMILES string of the molecule is CS(=O)c1csc(COc2ccc(C(C)(C)c3cc(Cl)c(OCCCl)c(C#N)c3)cc2)n1. The predicted molar refractivity (Wildman–Crippen MR) is 130 cm³/mol. The topological polar surface area (TPSA) is 72.2 Å². The Kier molecular flexibility index (Phi) is 8.18. The molecule has 3 rings (SSSR count). The number of rotatable bonds is 9. The van der Waals surface area contributed by atoms with Crippen LogP contribution in [-0.4, -0.2) is 27.9 Å². The van der Waals surface area contributed by atoms with Crippen LogP contribution in [0.25, 0.3) is 0 Å². The number of ether oxygens (including phenoxy) is 2. The monoisotopic (exact) mass is 508 g/mol. The lowest BCUT2D eigenvalue weighted by Gasteiger charge is -2.27. The van der Waals surface area contributed by atoms with Gasteiger partial charge in [0.15, 0.2) is 5.75 Å². The zero-order chi connectivity index (χ0) is 23.3. The van der Waals surface area contributed by atoms with Crippen LogP contribution in [0.5, 0.6) is 11.5 Å². The van der Waals surface area contributed by atoms with Gasteiger partial charge in [-0.3, -0.25) is 4.21 Å². The van der Waals surface area contributed by atoms with Crippen molar-refractivity contribution in [2.45, 2.75) is 30.9 Å². The van der Waals surface area contributed by atoms with Gasteiger partial charge in [-0.1, -0.05) is 37.6 Å². The van der Waals surface area contributed by atoms with Crippen LogP contribution in [0.2, 0.25) is 5.02 Å². The standard InChI is InChI=1S/C23H22Cl2N2O3S2/c1-23(2,17-10-15(12-26)22(19(25)11-17)29-9-8-24)16-4-6-18(7-5-16)30-13-20-27-21(14-31-20)32(3)28/h4-7,10-11,14H,8-9,13H2,1-3H3. The Morgan fingerprint density at radius 3 is 2.50 bits per heavy atom. The first-order valence-corrected chi connectivity index (χ1v) is 13.1. The van der Waals surface area contributed by atoms with Gasteiger partial charge in [0, 0.05) is 17.1 Å². The molecule has 3 aromatic rings. The Labute approximate surface area is 204 Å². The van der Waals surface area contributed by atoms with E-state index >= 15 is 0 Å². The van der Waals surface area contributed by atoms with Crippen LogP contribution in [0, 0.1) is 11.3 Å². The lowest BCUT2D eigenvalue weighted by atomic mass is 9.77. The van der Waals surface area contributed by atoms with Gasteiger partial charge < -0.3 is 9.47 Å². The molecule has 0 N–H and O–H groups in total. The van der Waals surface area contributed by atoms with E-state index in [1.165, 1.54) is 11.3 Å². The molecule has 0 amide bonds. The zero-order valence-electron chi connectivity index (χ0n) is 17.9. The van der Waals surface area contributed by atoms with Crippen molar-refractivity contribution in [2.75, 3.05) is 18.7 Å². The van der Waals surface area contributed by atoms with Crippen molar-refractivity contribution in [1.82, 2.24) is 4.98 Å². The summed E-state index contributed by atoms with van der Waals surface area (Å²) in [4.78, 5) is 4.31. The van der Waals surface area contributed by atoms with Crippen molar-refractivity contribution in [3.05, 3.63) is 68.5 Å². The van der Waals surface area contributed by atoms with Crippen LogP contribution in [0.1, 0.15) is 35.5 Å². The van der Waals surface area contributed by atoms with Crippen LogP contribution >= 0.6 is 34.5 Å². The highest BCUT2D eigenvalue weighted by atomic mass is 35.5. The fraction of sp³-hybridized carbons (Fsp3) is 0.304. The van der Waals surface area contributed by atoms with E-state index < -0.39 is 16.2 Å². The van der Waals surface area contributed by atoms with Crippen LogP contribution in [-0.2, 0) is 22.8 Å². The fourth-order valence-electron chi connectivity index (χ4n) is 3.10. The summed E-state index contributed by atoms with van der Waals surface area (Å²) in [7, 11) is -1.09. The van der Waals surface area contributed by atoms with Gasteiger partial charge in [0.25, 0.3) is 0 Å². The number of thiazole rings is 1. The molecule has 168 valence electrons. The number of halogens is 2. The maximum Gasteiger partial charge on any atom is 0.155 e. The highest BCUT2D eigenvalue weighted by molar-refractivity contribution is 7.84. The summed E-state index contributed by atoms with van der Waals surface area (Å²) in [5.41, 5.74) is 1.90. The molecule has 5 nitrogen and oxygen atoms in total. The summed E-state index contributed by atoms with van der Waals surface area (Å²) in [6, 6.07) is 13.6. The van der Waals surface area contributed by atoms with Gasteiger partial charge in [-0.25, -0.2) is 4.98 Å². The Hall–Kier alpha value is -2.11. The maximum absolute atomic E-state index is 11.5. The average molecular weight is 509 g/mol. The Bertz CT molecular complexity index is 1160. The molecule has 9 heteroatoms. The van der Waals surface area contributed by atoms with Crippen LogP contribution in [0.3, 0.4) is 0 Å². The maximum atomic E-state index is 11.5. The van der Waals surface area contributed by atoms with E-state index in [0.717, 1.165) is 16.1 Å². The van der Waals surface area contributed by atoms with Gasteiger partial charge in [0.05, 0.1) is 27.3 Å². The second-order valence-electron chi connectivity index (χ2n) is 7.46. The summed E-state index contributed by atoms with van der Waals surface area (Å²) < 4.78 is 22.9. The van der Waals surface area contributed by atoms with Crippen LogP contribution in [0.15, 0.2) is 46.8 Å². The van der Waals surface area contributed by atoms with E-state index in [1.54, 1.807) is 17.7 Å². The minimum atomic E-state index is -1.09. The molecule has 0 aliphatic heterocycles. The fourth-order valence-corrected chi connectivity index (χ4v) is 5.00. The highest BCUT2D eigenvalue weighted by Crippen LogP contribution is 2.38. The molecular weight excluding hydrogens is 487 g/mol. The van der Waals surface area contributed by atoms with Crippen molar-refractivity contribution in [3.63, 3.8) is 0 Å². The quantitative estimate of drug-likeness (QED) is 0.335. The van der Waals surface area contributed by atoms with E-state index in [1.807, 2.05) is 30.3 Å². The number of nitriles is 1. The first-order chi connectivity index (χ1) is 15.3. The molecule has 0 spiro atoms. The number of aromatic nitrogens is 1.